The van der Waals surface area contributed by atoms with Crippen molar-refractivity contribution in [2.45, 2.75) is 58.5 Å². The van der Waals surface area contributed by atoms with Gasteiger partial charge in [0.15, 0.2) is 0 Å². The van der Waals surface area contributed by atoms with Crippen LogP contribution in [0.3, 0.4) is 0 Å². The van der Waals surface area contributed by atoms with Crippen molar-refractivity contribution in [1.29, 1.82) is 0 Å². The summed E-state index contributed by atoms with van der Waals surface area (Å²) < 4.78 is 0. The first-order valence-corrected chi connectivity index (χ1v) is 6.97. The Kier molecular flexibility index (Phi) is 4.22. The molecule has 1 atom stereocenters. The van der Waals surface area contributed by atoms with E-state index in [1.165, 1.54) is 30.4 Å². The molecule has 1 N–H and O–H groups in total. The van der Waals surface area contributed by atoms with Crippen LogP contribution < -0.4 is 5.32 Å². The smallest absolute Gasteiger partial charge is 0.0207 e. The van der Waals surface area contributed by atoms with Gasteiger partial charge in [-0.15, -0.1) is 0 Å². The highest BCUT2D eigenvalue weighted by molar-refractivity contribution is 5.24. The van der Waals surface area contributed by atoms with Crippen LogP contribution in [0.25, 0.3) is 0 Å². The Morgan fingerprint density at radius 3 is 2.29 bits per heavy atom. The molecule has 0 spiro atoms. The summed E-state index contributed by atoms with van der Waals surface area (Å²) in [5.41, 5.74) is 2.83. The molecule has 1 aromatic rings. The van der Waals surface area contributed by atoms with Crippen molar-refractivity contribution >= 4 is 0 Å². The molecular weight excluding hydrogens is 206 g/mol. The van der Waals surface area contributed by atoms with Crippen LogP contribution in [0.2, 0.25) is 0 Å². The van der Waals surface area contributed by atoms with Crippen molar-refractivity contribution < 1.29 is 0 Å². The van der Waals surface area contributed by atoms with Gasteiger partial charge in [0.05, 0.1) is 0 Å². The third-order valence-electron chi connectivity index (χ3n) is 3.68. The number of benzene rings is 1. The fourth-order valence-electron chi connectivity index (χ4n) is 2.25. The summed E-state index contributed by atoms with van der Waals surface area (Å²) in [4.78, 5) is 0. The van der Waals surface area contributed by atoms with E-state index in [0.29, 0.717) is 12.0 Å². The summed E-state index contributed by atoms with van der Waals surface area (Å²) in [7, 11) is 0. The first-order chi connectivity index (χ1) is 8.15. The largest absolute Gasteiger partial charge is 0.310 e. The molecular formula is C16H25N. The van der Waals surface area contributed by atoms with Gasteiger partial charge in [-0.25, -0.2) is 0 Å². The van der Waals surface area contributed by atoms with Crippen LogP contribution in [0.4, 0.5) is 0 Å². The SMILES string of the molecule is CC(CC1CC1)NCc1ccc(C(C)C)cc1. The molecule has 0 heterocycles. The lowest BCUT2D eigenvalue weighted by atomic mass is 10.0. The normalized spacial score (nSPS) is 17.4. The van der Waals surface area contributed by atoms with E-state index in [-0.39, 0.29) is 0 Å². The van der Waals surface area contributed by atoms with Crippen LogP contribution in [0.15, 0.2) is 24.3 Å². The third-order valence-corrected chi connectivity index (χ3v) is 3.68. The molecule has 0 radical (unpaired) electrons. The minimum atomic E-state index is 0.630. The van der Waals surface area contributed by atoms with Gasteiger partial charge < -0.3 is 5.32 Å². The first-order valence-electron chi connectivity index (χ1n) is 6.97. The Morgan fingerprint density at radius 1 is 1.12 bits per heavy atom. The molecule has 1 aliphatic carbocycles. The summed E-state index contributed by atoms with van der Waals surface area (Å²) in [5.74, 6) is 1.65. The van der Waals surface area contributed by atoms with E-state index >= 15 is 0 Å². The quantitative estimate of drug-likeness (QED) is 0.777. The van der Waals surface area contributed by atoms with Crippen LogP contribution in [0, 0.1) is 5.92 Å². The predicted octanol–water partition coefficient (Wildman–Crippen LogP) is 4.09. The number of hydrogen-bond donors (Lipinski definition) is 1. The Balaban J connectivity index is 1.77. The molecule has 0 amide bonds. The number of hydrogen-bond acceptors (Lipinski definition) is 1. The van der Waals surface area contributed by atoms with Crippen LogP contribution in [0.1, 0.15) is 57.1 Å². The zero-order chi connectivity index (χ0) is 12.3. The zero-order valence-corrected chi connectivity index (χ0v) is 11.4. The van der Waals surface area contributed by atoms with Crippen LogP contribution >= 0.6 is 0 Å². The van der Waals surface area contributed by atoms with Crippen molar-refractivity contribution in [3.8, 4) is 0 Å². The lowest BCUT2D eigenvalue weighted by Crippen LogP contribution is -2.25. The topological polar surface area (TPSA) is 12.0 Å². The van der Waals surface area contributed by atoms with Gasteiger partial charge in [-0.1, -0.05) is 51.0 Å². The van der Waals surface area contributed by atoms with Crippen molar-refractivity contribution in [2.75, 3.05) is 0 Å². The van der Waals surface area contributed by atoms with Gasteiger partial charge in [0.2, 0.25) is 0 Å². The van der Waals surface area contributed by atoms with Crippen molar-refractivity contribution in [1.82, 2.24) is 5.32 Å². The van der Waals surface area contributed by atoms with Gasteiger partial charge in [-0.2, -0.15) is 0 Å². The fraction of sp³-hybridized carbons (Fsp3) is 0.625. The van der Waals surface area contributed by atoms with Crippen LogP contribution in [-0.2, 0) is 6.54 Å². The van der Waals surface area contributed by atoms with Crippen LogP contribution in [-0.4, -0.2) is 6.04 Å². The first kappa shape index (κ1) is 12.6. The molecule has 1 aliphatic rings. The highest BCUT2D eigenvalue weighted by atomic mass is 14.9. The van der Waals surface area contributed by atoms with E-state index in [0.717, 1.165) is 12.5 Å². The molecule has 1 nitrogen and oxygen atoms in total. The molecule has 0 aromatic heterocycles. The van der Waals surface area contributed by atoms with Gasteiger partial charge in [0.1, 0.15) is 0 Å². The molecule has 1 aromatic carbocycles. The lowest BCUT2D eigenvalue weighted by Gasteiger charge is -2.14. The molecule has 1 saturated carbocycles. The molecule has 0 aliphatic heterocycles. The predicted molar refractivity (Wildman–Crippen MR) is 74.2 cm³/mol. The second-order valence-electron chi connectivity index (χ2n) is 5.86. The van der Waals surface area contributed by atoms with E-state index in [1.807, 2.05) is 0 Å². The second kappa shape index (κ2) is 5.68. The van der Waals surface area contributed by atoms with E-state index in [1.54, 1.807) is 0 Å². The summed E-state index contributed by atoms with van der Waals surface area (Å²) in [5, 5.41) is 3.62. The van der Waals surface area contributed by atoms with Gasteiger partial charge in [-0.05, 0) is 36.3 Å². The zero-order valence-electron chi connectivity index (χ0n) is 11.4. The second-order valence-corrected chi connectivity index (χ2v) is 5.86. The standard InChI is InChI=1S/C16H25N/c1-12(2)16-8-6-15(7-9-16)11-17-13(3)10-14-4-5-14/h6-9,12-14,17H,4-5,10-11H2,1-3H3. The monoisotopic (exact) mass is 231 g/mol. The van der Waals surface area contributed by atoms with Crippen molar-refractivity contribution in [3.63, 3.8) is 0 Å². The summed E-state index contributed by atoms with van der Waals surface area (Å²) in [6.07, 6.45) is 4.26. The maximum Gasteiger partial charge on any atom is 0.0207 e. The minimum Gasteiger partial charge on any atom is -0.310 e. The highest BCUT2D eigenvalue weighted by Crippen LogP contribution is 2.33. The molecule has 0 bridgehead atoms. The van der Waals surface area contributed by atoms with Gasteiger partial charge in [0, 0.05) is 12.6 Å². The van der Waals surface area contributed by atoms with Crippen molar-refractivity contribution in [3.05, 3.63) is 35.4 Å². The molecule has 94 valence electrons. The Bertz CT molecular complexity index is 335. The van der Waals surface area contributed by atoms with E-state index in [9.17, 15) is 0 Å². The fourth-order valence-corrected chi connectivity index (χ4v) is 2.25. The van der Waals surface area contributed by atoms with Gasteiger partial charge >= 0.3 is 0 Å². The van der Waals surface area contributed by atoms with E-state index < -0.39 is 0 Å². The molecule has 17 heavy (non-hydrogen) atoms. The number of rotatable bonds is 6. The number of nitrogens with one attached hydrogen (secondary N) is 1. The Labute approximate surface area is 106 Å². The minimum absolute atomic E-state index is 0.630. The highest BCUT2D eigenvalue weighted by Gasteiger charge is 2.23. The summed E-state index contributed by atoms with van der Waals surface area (Å²) in [6.45, 7) is 7.79. The van der Waals surface area contributed by atoms with E-state index in [4.69, 9.17) is 0 Å². The van der Waals surface area contributed by atoms with E-state index in [2.05, 4.69) is 50.4 Å². The molecule has 0 saturated heterocycles. The molecule has 1 fully saturated rings. The Hall–Kier alpha value is -0.820. The van der Waals surface area contributed by atoms with Crippen molar-refractivity contribution in [2.24, 2.45) is 5.92 Å². The van der Waals surface area contributed by atoms with Gasteiger partial charge in [0.25, 0.3) is 0 Å². The third kappa shape index (κ3) is 4.16. The van der Waals surface area contributed by atoms with Crippen LogP contribution in [0.5, 0.6) is 0 Å². The molecule has 2 rings (SSSR count). The summed E-state index contributed by atoms with van der Waals surface area (Å²) in [6, 6.07) is 9.69. The lowest BCUT2D eigenvalue weighted by molar-refractivity contribution is 0.487. The summed E-state index contributed by atoms with van der Waals surface area (Å²) >= 11 is 0. The van der Waals surface area contributed by atoms with Gasteiger partial charge in [-0.3, -0.25) is 0 Å². The molecule has 1 heteroatoms. The average molecular weight is 231 g/mol. The Morgan fingerprint density at radius 2 is 1.76 bits per heavy atom. The molecule has 1 unspecified atom stereocenters. The average Bonchev–Trinajstić information content (AvgIpc) is 3.11. The maximum absolute atomic E-state index is 3.62. The maximum atomic E-state index is 3.62.